The molecule has 154 valence electrons. The number of nitrogens with zero attached hydrogens (tertiary/aromatic N) is 3. The Morgan fingerprint density at radius 1 is 1.17 bits per heavy atom. The van der Waals surface area contributed by atoms with Crippen LogP contribution >= 0.6 is 0 Å². The van der Waals surface area contributed by atoms with Gasteiger partial charge in [0, 0.05) is 23.1 Å². The molecule has 0 radical (unpaired) electrons. The van der Waals surface area contributed by atoms with E-state index in [0.29, 0.717) is 18.8 Å². The molecule has 1 N–H and O–H groups in total. The molecule has 1 aliphatic carbocycles. The zero-order chi connectivity index (χ0) is 20.7. The van der Waals surface area contributed by atoms with Crippen LogP contribution in [0.2, 0.25) is 0 Å². The number of hydrogen-bond acceptors (Lipinski definition) is 3. The lowest BCUT2D eigenvalue weighted by Crippen LogP contribution is -2.64. The molecule has 1 fully saturated rings. The Labute approximate surface area is 175 Å². The van der Waals surface area contributed by atoms with Crippen LogP contribution in [0.25, 0.3) is 10.9 Å². The van der Waals surface area contributed by atoms with Gasteiger partial charge in [-0.25, -0.2) is 0 Å². The molecule has 1 aromatic carbocycles. The molecule has 1 saturated carbocycles. The molecule has 0 saturated heterocycles. The lowest BCUT2D eigenvalue weighted by Gasteiger charge is -2.44. The summed E-state index contributed by atoms with van der Waals surface area (Å²) in [6, 6.07) is 15.7. The predicted octanol–water partition coefficient (Wildman–Crippen LogP) is 3.51. The van der Waals surface area contributed by atoms with E-state index < -0.39 is 5.54 Å². The van der Waals surface area contributed by atoms with E-state index in [4.69, 9.17) is 0 Å². The van der Waals surface area contributed by atoms with E-state index in [2.05, 4.69) is 10.3 Å². The first-order valence-corrected chi connectivity index (χ1v) is 10.7. The highest BCUT2D eigenvalue weighted by molar-refractivity contribution is 6.03. The first kappa shape index (κ1) is 18.9. The molecule has 2 amide bonds. The zero-order valence-corrected chi connectivity index (χ0v) is 17.2. The van der Waals surface area contributed by atoms with Gasteiger partial charge in [0.05, 0.1) is 18.8 Å². The van der Waals surface area contributed by atoms with Crippen molar-refractivity contribution in [3.8, 4) is 0 Å². The molecule has 3 aromatic rings. The number of hydrogen-bond donors (Lipinski definition) is 1. The number of carbonyl (C=O) groups excluding carboxylic acids is 2. The average Bonchev–Trinajstić information content (AvgIpc) is 3.40. The summed E-state index contributed by atoms with van der Waals surface area (Å²) in [6.07, 6.45) is 6.02. The number of nitrogens with one attached hydrogen (secondary N) is 1. The zero-order valence-electron chi connectivity index (χ0n) is 17.2. The molecule has 1 aliphatic heterocycles. The molecule has 5 rings (SSSR count). The molecule has 0 spiro atoms. The third-order valence-electron chi connectivity index (χ3n) is 6.56. The molecule has 0 bridgehead atoms. The second-order valence-electron chi connectivity index (χ2n) is 8.62. The fourth-order valence-electron chi connectivity index (χ4n) is 4.82. The minimum absolute atomic E-state index is 0.0814. The van der Waals surface area contributed by atoms with Gasteiger partial charge in [-0.2, -0.15) is 0 Å². The fourth-order valence-corrected chi connectivity index (χ4v) is 4.82. The molecule has 1 atom stereocenters. The van der Waals surface area contributed by atoms with Crippen molar-refractivity contribution in [2.24, 2.45) is 0 Å². The van der Waals surface area contributed by atoms with E-state index in [-0.39, 0.29) is 17.9 Å². The van der Waals surface area contributed by atoms with Crippen LogP contribution in [0.3, 0.4) is 0 Å². The molecule has 6 nitrogen and oxygen atoms in total. The van der Waals surface area contributed by atoms with Gasteiger partial charge in [0.2, 0.25) is 5.91 Å². The maximum absolute atomic E-state index is 13.6. The number of fused-ring (bicyclic) bond motifs is 3. The first-order chi connectivity index (χ1) is 14.6. The summed E-state index contributed by atoms with van der Waals surface area (Å²) in [5.74, 6) is -0.214. The Bertz CT molecular complexity index is 1100. The number of pyridine rings is 1. The number of benzene rings is 1. The van der Waals surface area contributed by atoms with E-state index in [1.54, 1.807) is 11.1 Å². The highest BCUT2D eigenvalue weighted by Crippen LogP contribution is 2.33. The highest BCUT2D eigenvalue weighted by Gasteiger charge is 2.48. The maximum Gasteiger partial charge on any atom is 0.271 e. The topological polar surface area (TPSA) is 67.2 Å². The van der Waals surface area contributed by atoms with Crippen molar-refractivity contribution in [3.63, 3.8) is 0 Å². The smallest absolute Gasteiger partial charge is 0.271 e. The average molecular weight is 402 g/mol. The van der Waals surface area contributed by atoms with Crippen LogP contribution in [0.15, 0.2) is 54.7 Å². The highest BCUT2D eigenvalue weighted by atomic mass is 16.2. The third-order valence-corrected chi connectivity index (χ3v) is 6.56. The van der Waals surface area contributed by atoms with Gasteiger partial charge < -0.3 is 14.8 Å². The molecule has 2 aliphatic rings. The van der Waals surface area contributed by atoms with Crippen molar-refractivity contribution in [1.29, 1.82) is 0 Å². The molecular weight excluding hydrogens is 376 g/mol. The van der Waals surface area contributed by atoms with Gasteiger partial charge in [0.25, 0.3) is 5.91 Å². The predicted molar refractivity (Wildman–Crippen MR) is 115 cm³/mol. The van der Waals surface area contributed by atoms with Crippen molar-refractivity contribution in [2.75, 3.05) is 0 Å². The van der Waals surface area contributed by atoms with Crippen LogP contribution in [0.1, 0.15) is 48.8 Å². The second-order valence-corrected chi connectivity index (χ2v) is 8.62. The molecule has 3 heterocycles. The number of carbonyl (C=O) groups is 2. The number of rotatable bonds is 4. The molecule has 2 aromatic heterocycles. The lowest BCUT2D eigenvalue weighted by molar-refractivity contribution is -0.133. The van der Waals surface area contributed by atoms with Gasteiger partial charge >= 0.3 is 0 Å². The van der Waals surface area contributed by atoms with Gasteiger partial charge in [-0.05, 0) is 44.0 Å². The summed E-state index contributed by atoms with van der Waals surface area (Å²) < 4.78 is 2.00. The van der Waals surface area contributed by atoms with Crippen molar-refractivity contribution in [3.05, 3.63) is 66.1 Å². The Morgan fingerprint density at radius 2 is 1.93 bits per heavy atom. The van der Waals surface area contributed by atoms with Crippen LogP contribution in [0.5, 0.6) is 0 Å². The summed E-state index contributed by atoms with van der Waals surface area (Å²) in [7, 11) is 0. The molecule has 0 unspecified atom stereocenters. The Balaban J connectivity index is 1.57. The quantitative estimate of drug-likeness (QED) is 0.726. The Morgan fingerprint density at radius 3 is 2.70 bits per heavy atom. The monoisotopic (exact) mass is 402 g/mol. The summed E-state index contributed by atoms with van der Waals surface area (Å²) in [6.45, 7) is 2.61. The van der Waals surface area contributed by atoms with E-state index in [1.165, 1.54) is 0 Å². The third kappa shape index (κ3) is 3.07. The summed E-state index contributed by atoms with van der Waals surface area (Å²) >= 11 is 0. The van der Waals surface area contributed by atoms with Crippen LogP contribution < -0.4 is 5.32 Å². The number of para-hydroxylation sites is 1. The van der Waals surface area contributed by atoms with Gasteiger partial charge in [0.1, 0.15) is 11.2 Å². The van der Waals surface area contributed by atoms with Gasteiger partial charge in [-0.3, -0.25) is 14.6 Å². The van der Waals surface area contributed by atoms with Crippen LogP contribution in [-0.4, -0.2) is 37.8 Å². The Kier molecular flexibility index (Phi) is 4.57. The summed E-state index contributed by atoms with van der Waals surface area (Å²) in [5.41, 5.74) is 1.39. The van der Waals surface area contributed by atoms with Gasteiger partial charge in [-0.15, -0.1) is 0 Å². The molecule has 6 heteroatoms. The van der Waals surface area contributed by atoms with Crippen LogP contribution in [0, 0.1) is 0 Å². The van der Waals surface area contributed by atoms with E-state index in [9.17, 15) is 9.59 Å². The minimum atomic E-state index is -0.994. The van der Waals surface area contributed by atoms with Crippen molar-refractivity contribution in [2.45, 2.75) is 57.3 Å². The number of amides is 2. The van der Waals surface area contributed by atoms with E-state index >= 15 is 0 Å². The number of aromatic nitrogens is 2. The van der Waals surface area contributed by atoms with E-state index in [1.807, 2.05) is 60.0 Å². The fraction of sp³-hybridized carbons (Fsp3) is 0.375. The largest absolute Gasteiger partial charge is 0.351 e. The summed E-state index contributed by atoms with van der Waals surface area (Å²) in [4.78, 5) is 33.3. The van der Waals surface area contributed by atoms with Crippen molar-refractivity contribution >= 4 is 22.7 Å². The van der Waals surface area contributed by atoms with E-state index in [0.717, 1.165) is 42.3 Å². The standard InChI is InChI=1S/C24H26N4O2/c1-24(23(30)26-18-9-3-4-10-18)16-27-20-12-5-2-8-17(20)14-21(27)22(29)28(24)15-19-11-6-7-13-25-19/h2,5-8,11-14,18H,3-4,9-10,15-16H2,1H3,(H,26,30)/t24-/m1/s1. The summed E-state index contributed by atoms with van der Waals surface area (Å²) in [5, 5.41) is 4.24. The molecule has 30 heavy (non-hydrogen) atoms. The lowest BCUT2D eigenvalue weighted by atomic mass is 9.93. The second kappa shape index (κ2) is 7.27. The Hall–Kier alpha value is -3.15. The van der Waals surface area contributed by atoms with Crippen molar-refractivity contribution in [1.82, 2.24) is 19.8 Å². The first-order valence-electron chi connectivity index (χ1n) is 10.7. The van der Waals surface area contributed by atoms with Gasteiger partial charge in [-0.1, -0.05) is 37.1 Å². The minimum Gasteiger partial charge on any atom is -0.351 e. The van der Waals surface area contributed by atoms with Crippen LogP contribution in [0.4, 0.5) is 0 Å². The van der Waals surface area contributed by atoms with Gasteiger partial charge in [0.15, 0.2) is 0 Å². The van der Waals surface area contributed by atoms with Crippen molar-refractivity contribution < 1.29 is 9.59 Å². The maximum atomic E-state index is 13.6. The van der Waals surface area contributed by atoms with Crippen LogP contribution in [-0.2, 0) is 17.9 Å². The SMILES string of the molecule is C[C@]1(C(=O)NC2CCCC2)Cn2c(cc3ccccc32)C(=O)N1Cc1ccccn1. The molecular formula is C24H26N4O2. The normalized spacial score (nSPS) is 21.8.